The molecule has 4 rings (SSSR count). The van der Waals surface area contributed by atoms with E-state index in [4.69, 9.17) is 14.2 Å². The van der Waals surface area contributed by atoms with E-state index < -0.39 is 0 Å². The normalized spacial score (nSPS) is 26.2. The van der Waals surface area contributed by atoms with Crippen molar-refractivity contribution in [2.75, 3.05) is 27.2 Å². The van der Waals surface area contributed by atoms with Crippen LogP contribution >= 0.6 is 0 Å². The topological polar surface area (TPSA) is 82.1 Å². The molecule has 366 valence electrons. The van der Waals surface area contributed by atoms with Crippen LogP contribution in [0.1, 0.15) is 228 Å². The molecule has 0 N–H and O–H groups in total. The molecular formula is C57H97NO6. The lowest BCUT2D eigenvalue weighted by Gasteiger charge is -2.55. The van der Waals surface area contributed by atoms with Crippen LogP contribution in [0, 0.1) is 40.4 Å². The second kappa shape index (κ2) is 28.7. The Kier molecular flexibility index (Phi) is 24.3. The number of carbonyl (C=O) groups excluding carboxylic acids is 3. The van der Waals surface area contributed by atoms with Gasteiger partial charge in [-0.25, -0.2) is 0 Å². The molecule has 0 aromatic rings. The number of unbranched alkanes of at least 4 members (excludes halogenated alkanes) is 10. The minimum absolute atomic E-state index is 0.00249. The Balaban J connectivity index is 1.13. The van der Waals surface area contributed by atoms with Gasteiger partial charge in [-0.15, -0.1) is 0 Å². The number of ether oxygens (including phenoxy) is 3. The van der Waals surface area contributed by atoms with Gasteiger partial charge in [-0.3, -0.25) is 14.4 Å². The molecule has 8 unspecified atom stereocenters. The summed E-state index contributed by atoms with van der Waals surface area (Å²) >= 11 is 0. The number of nitrogens with zero attached hydrogens (tertiary/aromatic N) is 1. The summed E-state index contributed by atoms with van der Waals surface area (Å²) in [7, 11) is 4.05. The molecule has 0 bridgehead atoms. The van der Waals surface area contributed by atoms with Gasteiger partial charge in [0.05, 0.1) is 0 Å². The summed E-state index contributed by atoms with van der Waals surface area (Å²) in [5.41, 5.74) is 3.92. The predicted molar refractivity (Wildman–Crippen MR) is 265 cm³/mol. The average Bonchev–Trinajstić information content (AvgIpc) is 3.61. The van der Waals surface area contributed by atoms with Crippen LogP contribution in [0.4, 0.5) is 0 Å². The number of fused-ring (bicyclic) bond motifs is 5. The van der Waals surface area contributed by atoms with Crippen LogP contribution in [0.25, 0.3) is 0 Å². The highest BCUT2D eigenvalue weighted by Crippen LogP contribution is 2.66. The summed E-state index contributed by atoms with van der Waals surface area (Å²) in [6, 6.07) is 0. The first kappa shape index (κ1) is 54.2. The molecule has 0 aromatic heterocycles. The Morgan fingerprint density at radius 1 is 0.703 bits per heavy atom. The molecule has 3 fully saturated rings. The van der Waals surface area contributed by atoms with E-state index >= 15 is 0 Å². The highest BCUT2D eigenvalue weighted by molar-refractivity contribution is 5.70. The zero-order valence-corrected chi connectivity index (χ0v) is 42.7. The van der Waals surface area contributed by atoms with E-state index in [9.17, 15) is 14.4 Å². The Bertz CT molecular complexity index is 1480. The van der Waals surface area contributed by atoms with Gasteiger partial charge in [0.15, 0.2) is 0 Å². The smallest absolute Gasteiger partial charge is 0.306 e. The molecule has 0 heterocycles. The van der Waals surface area contributed by atoms with Gasteiger partial charge >= 0.3 is 17.9 Å². The van der Waals surface area contributed by atoms with Crippen molar-refractivity contribution < 1.29 is 28.6 Å². The zero-order chi connectivity index (χ0) is 46.4. The zero-order valence-electron chi connectivity index (χ0n) is 42.7. The van der Waals surface area contributed by atoms with Gasteiger partial charge in [0, 0.05) is 25.7 Å². The highest BCUT2D eigenvalue weighted by Gasteiger charge is 2.57. The Labute approximate surface area is 393 Å². The summed E-state index contributed by atoms with van der Waals surface area (Å²) in [6.45, 7) is 15.9. The molecule has 64 heavy (non-hydrogen) atoms. The Hall–Kier alpha value is -2.41. The molecule has 0 amide bonds. The van der Waals surface area contributed by atoms with Gasteiger partial charge in [-0.05, 0) is 157 Å². The van der Waals surface area contributed by atoms with Crippen molar-refractivity contribution >= 4 is 17.9 Å². The summed E-state index contributed by atoms with van der Waals surface area (Å²) in [5, 5.41) is 0. The third-order valence-corrected chi connectivity index (χ3v) is 16.4. The van der Waals surface area contributed by atoms with Crippen molar-refractivity contribution in [1.29, 1.82) is 0 Å². The van der Waals surface area contributed by atoms with E-state index in [-0.39, 0.29) is 35.5 Å². The maximum absolute atomic E-state index is 13.1. The first-order chi connectivity index (χ1) is 30.8. The Morgan fingerprint density at radius 2 is 1.39 bits per heavy atom. The van der Waals surface area contributed by atoms with Crippen LogP contribution in [-0.2, 0) is 28.6 Å². The number of allylic oxidation sites excluding steroid dienone is 4. The van der Waals surface area contributed by atoms with Gasteiger partial charge in [-0.2, -0.15) is 0 Å². The molecule has 3 saturated carbocycles. The van der Waals surface area contributed by atoms with Crippen LogP contribution in [-0.4, -0.2) is 62.3 Å². The summed E-state index contributed by atoms with van der Waals surface area (Å²) < 4.78 is 17.5. The number of hydrogen-bond acceptors (Lipinski definition) is 7. The molecule has 7 nitrogen and oxygen atoms in total. The number of rotatable bonds is 32. The molecule has 8 atom stereocenters. The van der Waals surface area contributed by atoms with E-state index in [1.54, 1.807) is 5.57 Å². The molecule has 0 saturated heterocycles. The van der Waals surface area contributed by atoms with Crippen LogP contribution in [0.15, 0.2) is 35.5 Å². The first-order valence-electron chi connectivity index (χ1n) is 27.0. The van der Waals surface area contributed by atoms with Gasteiger partial charge in [0.25, 0.3) is 0 Å². The molecular weight excluding hydrogens is 795 g/mol. The third-order valence-electron chi connectivity index (χ3n) is 16.4. The van der Waals surface area contributed by atoms with Crippen molar-refractivity contribution in [2.45, 2.75) is 240 Å². The quantitative estimate of drug-likeness (QED) is 0.0288. The van der Waals surface area contributed by atoms with E-state index in [1.807, 2.05) is 20.2 Å². The second-order valence-electron chi connectivity index (χ2n) is 22.2. The molecule has 0 radical (unpaired) electrons. The van der Waals surface area contributed by atoms with Gasteiger partial charge in [0.1, 0.15) is 18.8 Å². The summed E-state index contributed by atoms with van der Waals surface area (Å²) in [6.07, 6.45) is 39.0. The molecule has 4 aliphatic rings. The van der Waals surface area contributed by atoms with Crippen molar-refractivity contribution in [3.05, 3.63) is 35.5 Å². The fourth-order valence-corrected chi connectivity index (χ4v) is 12.5. The van der Waals surface area contributed by atoms with Crippen molar-refractivity contribution in [3.8, 4) is 0 Å². The second-order valence-corrected chi connectivity index (χ2v) is 22.2. The van der Waals surface area contributed by atoms with Crippen molar-refractivity contribution in [2.24, 2.45) is 40.4 Å². The summed E-state index contributed by atoms with van der Waals surface area (Å²) in [5.74, 6) is 3.59. The van der Waals surface area contributed by atoms with Crippen LogP contribution in [0.3, 0.4) is 0 Å². The lowest BCUT2D eigenvalue weighted by atomic mass is 9.50. The van der Waals surface area contributed by atoms with E-state index in [0.717, 1.165) is 127 Å². The molecule has 4 aliphatic carbocycles. The largest absolute Gasteiger partial charge is 0.462 e. The monoisotopic (exact) mass is 892 g/mol. The van der Waals surface area contributed by atoms with E-state index in [2.05, 4.69) is 64.7 Å². The average molecular weight is 892 g/mol. The van der Waals surface area contributed by atoms with Gasteiger partial charge < -0.3 is 19.1 Å². The van der Waals surface area contributed by atoms with E-state index in [1.165, 1.54) is 76.2 Å². The van der Waals surface area contributed by atoms with E-state index in [0.29, 0.717) is 37.2 Å². The molecule has 7 heteroatoms. The van der Waals surface area contributed by atoms with Crippen LogP contribution < -0.4 is 0 Å². The first-order valence-corrected chi connectivity index (χ1v) is 27.0. The van der Waals surface area contributed by atoms with Crippen LogP contribution in [0.5, 0.6) is 0 Å². The third kappa shape index (κ3) is 17.7. The maximum Gasteiger partial charge on any atom is 0.306 e. The molecule has 0 aliphatic heterocycles. The van der Waals surface area contributed by atoms with Crippen molar-refractivity contribution in [3.63, 3.8) is 0 Å². The maximum atomic E-state index is 13.1. The predicted octanol–water partition coefficient (Wildman–Crippen LogP) is 14.9. The Morgan fingerprint density at radius 3 is 2.09 bits per heavy atom. The molecule has 0 spiro atoms. The minimum atomic E-state index is -0.121. The fraction of sp³-hybridized carbons (Fsp3) is 0.842. The van der Waals surface area contributed by atoms with Gasteiger partial charge in [-0.1, -0.05) is 141 Å². The number of carbonyl (C=O) groups is 3. The molecule has 0 aromatic carbocycles. The standard InChI is InChI=1S/C57H97NO6/c1-9-10-11-12-13-18-23-42-62-53(59)30-21-16-14-19-28-47(63-55(61)32-25-41-58(7)8)29-20-15-17-22-31-54(60)64-48-37-39-56(5)46(43-48)33-34-49-51-36-35-50(45(4)27-24-26-44(2)3)57(51,6)40-38-52(49)56/h18,23,33-34,44-45,47-48,50-52H,9-17,19-22,24-32,35-43H2,1-8H3/b23-18+. The minimum Gasteiger partial charge on any atom is -0.462 e. The van der Waals surface area contributed by atoms with Gasteiger partial charge in [0.2, 0.25) is 0 Å². The number of hydrogen-bond donors (Lipinski definition) is 0. The summed E-state index contributed by atoms with van der Waals surface area (Å²) in [4.78, 5) is 40.1. The fourth-order valence-electron chi connectivity index (χ4n) is 12.5. The highest BCUT2D eigenvalue weighted by atomic mass is 16.5. The lowest BCUT2D eigenvalue weighted by Crippen LogP contribution is -2.46. The SMILES string of the molecule is CCCCCC/C=C/COC(=O)CCCCCCC(CCCCCCC(=O)OC1CCC2(C)C(=CC=C3C2CCC2(C)C3CCC2C(C)CCCC(C)C)C1)OC(=O)CCCN(C)C. The lowest BCUT2D eigenvalue weighted by molar-refractivity contribution is -0.151. The number of esters is 3. The van der Waals surface area contributed by atoms with Crippen molar-refractivity contribution in [1.82, 2.24) is 4.90 Å². The van der Waals surface area contributed by atoms with Crippen LogP contribution in [0.2, 0.25) is 0 Å².